The fourth-order valence-electron chi connectivity index (χ4n) is 1.56. The molecule has 0 bridgehead atoms. The lowest BCUT2D eigenvalue weighted by molar-refractivity contribution is -0.437. The molecular formula is C15H31N4O+. The minimum Gasteiger partial charge on any atom is -0.364 e. The fraction of sp³-hybridized carbons (Fsp3) is 0.733. The van der Waals surface area contributed by atoms with Gasteiger partial charge in [0, 0.05) is 12.5 Å². The molecule has 1 aliphatic rings. The van der Waals surface area contributed by atoms with Crippen LogP contribution in [0.1, 0.15) is 70.1 Å². The van der Waals surface area contributed by atoms with E-state index in [-0.39, 0.29) is 5.41 Å². The van der Waals surface area contributed by atoms with E-state index in [1.807, 2.05) is 34.6 Å². The van der Waals surface area contributed by atoms with Crippen molar-refractivity contribution in [2.24, 2.45) is 12.8 Å². The van der Waals surface area contributed by atoms with Crippen LogP contribution in [0.15, 0.2) is 6.07 Å². The van der Waals surface area contributed by atoms with Gasteiger partial charge in [-0.1, -0.05) is 34.6 Å². The summed E-state index contributed by atoms with van der Waals surface area (Å²) < 4.78 is 1.52. The Labute approximate surface area is 122 Å². The largest absolute Gasteiger partial charge is 0.364 e. The third kappa shape index (κ3) is 5.74. The number of hydrogen-bond donors (Lipinski definition) is 2. The Hall–Kier alpha value is -1.36. The summed E-state index contributed by atoms with van der Waals surface area (Å²) in [5.41, 5.74) is 10.3. The Balaban J connectivity index is 0.000000427. The Morgan fingerprint density at radius 3 is 2.00 bits per heavy atom. The predicted molar refractivity (Wildman–Crippen MR) is 82.3 cm³/mol. The van der Waals surface area contributed by atoms with Crippen LogP contribution in [0.3, 0.4) is 0 Å². The first-order valence-electron chi connectivity index (χ1n) is 7.39. The molecule has 20 heavy (non-hydrogen) atoms. The molecule has 5 N–H and O–H groups in total. The van der Waals surface area contributed by atoms with E-state index in [2.05, 4.69) is 10.8 Å². The smallest absolute Gasteiger partial charge is 0.266 e. The second-order valence-corrected chi connectivity index (χ2v) is 5.95. The molecule has 1 saturated carbocycles. The predicted octanol–water partition coefficient (Wildman–Crippen LogP) is 1.62. The molecule has 0 aromatic carbocycles. The van der Waals surface area contributed by atoms with Gasteiger partial charge >= 0.3 is 0 Å². The molecule has 1 heterocycles. The highest BCUT2D eigenvalue weighted by Gasteiger charge is 2.20. The van der Waals surface area contributed by atoms with E-state index in [0.29, 0.717) is 5.69 Å². The second kappa shape index (κ2) is 8.04. The van der Waals surface area contributed by atoms with Gasteiger partial charge in [0.2, 0.25) is 0 Å². The van der Waals surface area contributed by atoms with Crippen molar-refractivity contribution in [3.8, 4) is 0 Å². The van der Waals surface area contributed by atoms with E-state index in [9.17, 15) is 4.79 Å². The molecule has 0 atom stereocenters. The summed E-state index contributed by atoms with van der Waals surface area (Å²) in [6.07, 6.45) is 4.17. The zero-order chi connectivity index (χ0) is 15.9. The third-order valence-corrected chi connectivity index (χ3v) is 3.13. The van der Waals surface area contributed by atoms with E-state index in [0.717, 1.165) is 11.7 Å². The van der Waals surface area contributed by atoms with E-state index >= 15 is 0 Å². The quantitative estimate of drug-likeness (QED) is 0.820. The van der Waals surface area contributed by atoms with Crippen molar-refractivity contribution in [3.63, 3.8) is 0 Å². The van der Waals surface area contributed by atoms with Gasteiger partial charge in [0.15, 0.2) is 0 Å². The lowest BCUT2D eigenvalue weighted by atomic mass is 9.92. The molecular weight excluding hydrogens is 252 g/mol. The standard InChI is InChI=1S/C9H15N3O.C4H9N.C2H6/c1-9(2,3)7-5-6(8(10)13)12(4)11-7;5-4-2-1-3-4;1-2/h5H,1-4H3,(H2,10,13);4H,1-3,5H2;1-2H3/p+1. The molecule has 2 rings (SSSR count). The number of quaternary nitrogens is 1. The van der Waals surface area contributed by atoms with Crippen LogP contribution < -0.4 is 11.5 Å². The topological polar surface area (TPSA) is 88.6 Å². The number of carbonyl (C=O) groups is 1. The maximum absolute atomic E-state index is 10.9. The van der Waals surface area contributed by atoms with E-state index in [1.54, 1.807) is 13.1 Å². The van der Waals surface area contributed by atoms with Crippen molar-refractivity contribution < 1.29 is 10.5 Å². The van der Waals surface area contributed by atoms with Crippen LogP contribution in [-0.4, -0.2) is 21.7 Å². The first-order chi connectivity index (χ1) is 9.21. The van der Waals surface area contributed by atoms with Crippen molar-refractivity contribution >= 4 is 5.91 Å². The Bertz CT molecular complexity index is 414. The molecule has 1 aromatic heterocycles. The van der Waals surface area contributed by atoms with Gasteiger partial charge in [-0.05, 0) is 25.3 Å². The van der Waals surface area contributed by atoms with Crippen LogP contribution in [0.25, 0.3) is 0 Å². The van der Waals surface area contributed by atoms with Crippen molar-refractivity contribution in [2.45, 2.75) is 65.3 Å². The number of primary amides is 1. The molecule has 1 amide bonds. The molecule has 0 aliphatic heterocycles. The van der Waals surface area contributed by atoms with Gasteiger partial charge in [0.25, 0.3) is 5.91 Å². The SMILES string of the molecule is CC.Cn1nc(C(C)(C)C)cc1C(N)=O.[NH3+]C1CCC1. The summed E-state index contributed by atoms with van der Waals surface area (Å²) in [4.78, 5) is 10.9. The first-order valence-corrected chi connectivity index (χ1v) is 7.39. The average Bonchev–Trinajstić information content (AvgIpc) is 2.72. The van der Waals surface area contributed by atoms with Crippen molar-refractivity contribution in [1.29, 1.82) is 0 Å². The van der Waals surface area contributed by atoms with Crippen LogP contribution in [0.4, 0.5) is 0 Å². The summed E-state index contributed by atoms with van der Waals surface area (Å²) in [6, 6.07) is 2.55. The lowest BCUT2D eigenvalue weighted by Crippen LogP contribution is -2.63. The molecule has 5 nitrogen and oxygen atoms in total. The maximum Gasteiger partial charge on any atom is 0.266 e. The Morgan fingerprint density at radius 2 is 1.85 bits per heavy atom. The number of aromatic nitrogens is 2. The number of nitrogens with two attached hydrogens (primary N) is 1. The van der Waals surface area contributed by atoms with Crippen molar-refractivity contribution in [3.05, 3.63) is 17.5 Å². The Morgan fingerprint density at radius 1 is 1.40 bits per heavy atom. The zero-order valence-electron chi connectivity index (χ0n) is 13.9. The first kappa shape index (κ1) is 18.6. The molecule has 5 heteroatoms. The highest BCUT2D eigenvalue weighted by molar-refractivity contribution is 5.91. The monoisotopic (exact) mass is 283 g/mol. The van der Waals surface area contributed by atoms with E-state index in [4.69, 9.17) is 5.73 Å². The van der Waals surface area contributed by atoms with Gasteiger partial charge < -0.3 is 11.5 Å². The molecule has 0 unspecified atom stereocenters. The zero-order valence-corrected chi connectivity index (χ0v) is 13.9. The van der Waals surface area contributed by atoms with Crippen LogP contribution in [0.2, 0.25) is 0 Å². The average molecular weight is 283 g/mol. The summed E-state index contributed by atoms with van der Waals surface area (Å²) in [5, 5.41) is 4.22. The van der Waals surface area contributed by atoms with Crippen molar-refractivity contribution in [2.75, 3.05) is 0 Å². The molecule has 1 aliphatic carbocycles. The second-order valence-electron chi connectivity index (χ2n) is 5.95. The minimum atomic E-state index is -0.439. The summed E-state index contributed by atoms with van der Waals surface area (Å²) >= 11 is 0. The van der Waals surface area contributed by atoms with E-state index in [1.165, 1.54) is 23.9 Å². The van der Waals surface area contributed by atoms with Crippen LogP contribution in [0, 0.1) is 0 Å². The van der Waals surface area contributed by atoms with Crippen LogP contribution >= 0.6 is 0 Å². The minimum absolute atomic E-state index is 0.0501. The molecule has 0 spiro atoms. The highest BCUT2D eigenvalue weighted by atomic mass is 16.1. The summed E-state index contributed by atoms with van der Waals surface area (Å²) in [5.74, 6) is -0.439. The van der Waals surface area contributed by atoms with Crippen LogP contribution in [-0.2, 0) is 12.5 Å². The number of rotatable bonds is 1. The van der Waals surface area contributed by atoms with E-state index < -0.39 is 5.91 Å². The van der Waals surface area contributed by atoms with Crippen molar-refractivity contribution in [1.82, 2.24) is 9.78 Å². The maximum atomic E-state index is 10.9. The van der Waals surface area contributed by atoms with Gasteiger partial charge in [-0.25, -0.2) is 0 Å². The van der Waals surface area contributed by atoms with Gasteiger partial charge in [0.05, 0.1) is 11.7 Å². The molecule has 1 aromatic rings. The third-order valence-electron chi connectivity index (χ3n) is 3.13. The molecule has 1 fully saturated rings. The number of nitrogens with zero attached hydrogens (tertiary/aromatic N) is 2. The number of amides is 1. The number of aryl methyl sites for hydroxylation is 1. The lowest BCUT2D eigenvalue weighted by Gasteiger charge is -2.15. The highest BCUT2D eigenvalue weighted by Crippen LogP contribution is 2.20. The molecule has 116 valence electrons. The normalized spacial score (nSPS) is 14.3. The summed E-state index contributed by atoms with van der Waals surface area (Å²) in [6.45, 7) is 10.1. The molecule has 0 saturated heterocycles. The number of hydrogen-bond acceptors (Lipinski definition) is 2. The summed E-state index contributed by atoms with van der Waals surface area (Å²) in [7, 11) is 1.72. The van der Waals surface area contributed by atoms with Gasteiger partial charge in [-0.15, -0.1) is 0 Å². The van der Waals surface area contributed by atoms with Gasteiger partial charge in [0.1, 0.15) is 5.69 Å². The van der Waals surface area contributed by atoms with Gasteiger partial charge in [-0.2, -0.15) is 5.10 Å². The fourth-order valence-corrected chi connectivity index (χ4v) is 1.56. The Kier molecular flexibility index (Phi) is 7.50. The van der Waals surface area contributed by atoms with Crippen LogP contribution in [0.5, 0.6) is 0 Å². The number of carbonyl (C=O) groups excluding carboxylic acids is 1. The molecule has 0 radical (unpaired) electrons. The van der Waals surface area contributed by atoms with Gasteiger partial charge in [-0.3, -0.25) is 9.48 Å².